The Balaban J connectivity index is 2.80. The number of carbonyl (C=O) groups is 2. The minimum atomic E-state index is -1.10. The van der Waals surface area contributed by atoms with Gasteiger partial charge in [0.25, 0.3) is 0 Å². The van der Waals surface area contributed by atoms with E-state index in [0.29, 0.717) is 18.7 Å². The van der Waals surface area contributed by atoms with Crippen LogP contribution < -0.4 is 14.8 Å². The number of carbonyl (C=O) groups excluding carboxylic acids is 1. The molecule has 23 heavy (non-hydrogen) atoms. The third-order valence-electron chi connectivity index (χ3n) is 2.90. The number of hydrogen-bond acceptors (Lipinski definition) is 5. The Kier molecular flexibility index (Phi) is 6.24. The maximum absolute atomic E-state index is 11.6. The number of benzene rings is 1. The van der Waals surface area contributed by atoms with Gasteiger partial charge in [0, 0.05) is 6.54 Å². The van der Waals surface area contributed by atoms with E-state index in [-0.39, 0.29) is 11.3 Å². The largest absolute Gasteiger partial charge is 0.496 e. The van der Waals surface area contributed by atoms with E-state index in [1.165, 1.54) is 20.3 Å². The fraction of sp³-hybridized carbons (Fsp3) is 0.500. The minimum Gasteiger partial charge on any atom is -0.496 e. The zero-order chi connectivity index (χ0) is 17.6. The van der Waals surface area contributed by atoms with E-state index in [1.807, 2.05) is 0 Å². The lowest BCUT2D eigenvalue weighted by atomic mass is 10.1. The Morgan fingerprint density at radius 1 is 1.13 bits per heavy atom. The van der Waals surface area contributed by atoms with Gasteiger partial charge in [0.1, 0.15) is 22.7 Å². The van der Waals surface area contributed by atoms with Crippen LogP contribution in [0.15, 0.2) is 12.1 Å². The normalized spacial score (nSPS) is 10.8. The molecule has 128 valence electrons. The zero-order valence-corrected chi connectivity index (χ0v) is 14.1. The van der Waals surface area contributed by atoms with E-state index in [4.69, 9.17) is 19.3 Å². The van der Waals surface area contributed by atoms with E-state index >= 15 is 0 Å². The quantitative estimate of drug-likeness (QED) is 0.834. The molecule has 1 rings (SSSR count). The van der Waals surface area contributed by atoms with E-state index in [2.05, 4.69) is 5.32 Å². The number of rotatable bonds is 6. The summed E-state index contributed by atoms with van der Waals surface area (Å²) in [5, 5.41) is 11.8. The molecule has 0 aromatic heterocycles. The molecule has 0 aliphatic rings. The third kappa shape index (κ3) is 5.69. The van der Waals surface area contributed by atoms with Gasteiger partial charge in [-0.25, -0.2) is 9.59 Å². The molecule has 0 spiro atoms. The molecule has 1 aromatic carbocycles. The van der Waals surface area contributed by atoms with Crippen molar-refractivity contribution in [3.05, 3.63) is 23.3 Å². The summed E-state index contributed by atoms with van der Waals surface area (Å²) in [6.07, 6.45) is -0.0656. The number of methoxy groups -OCH3 is 2. The molecule has 0 aliphatic heterocycles. The summed E-state index contributed by atoms with van der Waals surface area (Å²) < 4.78 is 15.4. The van der Waals surface area contributed by atoms with Gasteiger partial charge in [0.05, 0.1) is 14.2 Å². The lowest BCUT2D eigenvalue weighted by molar-refractivity contribution is 0.0528. The average Bonchev–Trinajstić information content (AvgIpc) is 2.44. The van der Waals surface area contributed by atoms with Gasteiger partial charge in [-0.1, -0.05) is 0 Å². The summed E-state index contributed by atoms with van der Waals surface area (Å²) in [5.41, 5.74) is 0.187. The van der Waals surface area contributed by atoms with Crippen LogP contribution in [0.5, 0.6) is 11.5 Å². The predicted molar refractivity (Wildman–Crippen MR) is 84.4 cm³/mol. The fourth-order valence-corrected chi connectivity index (χ4v) is 1.94. The van der Waals surface area contributed by atoms with Crippen LogP contribution in [0.1, 0.15) is 36.7 Å². The van der Waals surface area contributed by atoms with Crippen LogP contribution in [0.3, 0.4) is 0 Å². The number of hydrogen-bond donors (Lipinski definition) is 2. The number of alkyl carbamates (subject to hydrolysis) is 1. The van der Waals surface area contributed by atoms with E-state index in [9.17, 15) is 9.59 Å². The Bertz CT molecular complexity index is 577. The first-order chi connectivity index (χ1) is 10.7. The lowest BCUT2D eigenvalue weighted by Gasteiger charge is -2.20. The fourth-order valence-electron chi connectivity index (χ4n) is 1.94. The summed E-state index contributed by atoms with van der Waals surface area (Å²) >= 11 is 0. The van der Waals surface area contributed by atoms with Gasteiger partial charge < -0.3 is 24.6 Å². The van der Waals surface area contributed by atoms with Crippen LogP contribution >= 0.6 is 0 Å². The summed E-state index contributed by atoms with van der Waals surface area (Å²) in [5.74, 6) is -0.432. The third-order valence-corrected chi connectivity index (χ3v) is 2.90. The molecule has 2 N–H and O–H groups in total. The van der Waals surface area contributed by atoms with Crippen LogP contribution in [-0.4, -0.2) is 43.5 Å². The number of carboxylic acids is 1. The van der Waals surface area contributed by atoms with Crippen molar-refractivity contribution < 1.29 is 28.9 Å². The van der Waals surface area contributed by atoms with Gasteiger partial charge in [0.15, 0.2) is 0 Å². The monoisotopic (exact) mass is 325 g/mol. The minimum absolute atomic E-state index is 0.0215. The van der Waals surface area contributed by atoms with Crippen molar-refractivity contribution in [1.82, 2.24) is 5.32 Å². The molecule has 1 amide bonds. The molecule has 7 heteroatoms. The number of nitrogens with one attached hydrogen (secondary N) is 1. The lowest BCUT2D eigenvalue weighted by Crippen LogP contribution is -2.33. The highest BCUT2D eigenvalue weighted by molar-refractivity contribution is 5.91. The molecule has 0 atom stereocenters. The molecular formula is C16H23NO6. The average molecular weight is 325 g/mol. The van der Waals surface area contributed by atoms with Crippen LogP contribution in [0, 0.1) is 0 Å². The van der Waals surface area contributed by atoms with E-state index in [0.717, 1.165) is 5.56 Å². The molecule has 7 nitrogen and oxygen atoms in total. The highest BCUT2D eigenvalue weighted by Crippen LogP contribution is 2.29. The molecular weight excluding hydrogens is 302 g/mol. The van der Waals surface area contributed by atoms with Gasteiger partial charge in [0.2, 0.25) is 0 Å². The molecule has 1 aromatic rings. The van der Waals surface area contributed by atoms with Gasteiger partial charge in [-0.2, -0.15) is 0 Å². The van der Waals surface area contributed by atoms with Crippen LogP contribution in [0.2, 0.25) is 0 Å². The number of carboxylic acid groups (broad SMARTS) is 1. The van der Waals surface area contributed by atoms with Crippen LogP contribution in [-0.2, 0) is 11.2 Å². The van der Waals surface area contributed by atoms with Gasteiger partial charge >= 0.3 is 12.1 Å². The van der Waals surface area contributed by atoms with Crippen molar-refractivity contribution in [3.63, 3.8) is 0 Å². The van der Waals surface area contributed by atoms with Crippen molar-refractivity contribution in [2.75, 3.05) is 20.8 Å². The van der Waals surface area contributed by atoms with Gasteiger partial charge in [-0.15, -0.1) is 0 Å². The first-order valence-electron chi connectivity index (χ1n) is 7.13. The molecule has 0 bridgehead atoms. The van der Waals surface area contributed by atoms with Crippen molar-refractivity contribution in [2.24, 2.45) is 0 Å². The number of aromatic carboxylic acids is 1. The van der Waals surface area contributed by atoms with Gasteiger partial charge in [-0.05, 0) is 44.9 Å². The molecule has 0 saturated heterocycles. The second-order valence-electron chi connectivity index (χ2n) is 5.85. The Labute approximate surface area is 135 Å². The second-order valence-corrected chi connectivity index (χ2v) is 5.85. The highest BCUT2D eigenvalue weighted by Gasteiger charge is 2.18. The number of ether oxygens (including phenoxy) is 3. The summed E-state index contributed by atoms with van der Waals surface area (Å²) in [4.78, 5) is 22.8. The molecule has 0 heterocycles. The van der Waals surface area contributed by atoms with Crippen molar-refractivity contribution >= 4 is 12.1 Å². The molecule has 0 unspecified atom stereocenters. The maximum atomic E-state index is 11.6. The Hall–Kier alpha value is -2.44. The first-order valence-corrected chi connectivity index (χ1v) is 7.13. The summed E-state index contributed by atoms with van der Waals surface area (Å²) in [6, 6.07) is 3.00. The summed E-state index contributed by atoms with van der Waals surface area (Å²) in [7, 11) is 2.86. The Morgan fingerprint density at radius 3 is 2.22 bits per heavy atom. The van der Waals surface area contributed by atoms with Crippen molar-refractivity contribution in [3.8, 4) is 11.5 Å². The van der Waals surface area contributed by atoms with E-state index in [1.54, 1.807) is 26.8 Å². The topological polar surface area (TPSA) is 94.1 Å². The standard InChI is InChI=1S/C16H23NO6/c1-16(2,3)23-15(20)17-7-6-10-8-13(22-5)11(14(18)19)9-12(10)21-4/h8-9H,6-7H2,1-5H3,(H,17,20)(H,18,19). The zero-order valence-electron chi connectivity index (χ0n) is 14.1. The van der Waals surface area contributed by atoms with Crippen molar-refractivity contribution in [2.45, 2.75) is 32.8 Å². The van der Waals surface area contributed by atoms with Gasteiger partial charge in [-0.3, -0.25) is 0 Å². The molecule has 0 saturated carbocycles. The molecule has 0 fully saturated rings. The van der Waals surface area contributed by atoms with Crippen molar-refractivity contribution in [1.29, 1.82) is 0 Å². The predicted octanol–water partition coefficient (Wildman–Crippen LogP) is 2.47. The van der Waals surface area contributed by atoms with Crippen LogP contribution in [0.4, 0.5) is 4.79 Å². The molecule has 0 radical (unpaired) electrons. The maximum Gasteiger partial charge on any atom is 0.407 e. The smallest absolute Gasteiger partial charge is 0.407 e. The SMILES string of the molecule is COc1cc(C(=O)O)c(OC)cc1CCNC(=O)OC(C)(C)C. The highest BCUT2D eigenvalue weighted by atomic mass is 16.6. The first kappa shape index (κ1) is 18.6. The second kappa shape index (κ2) is 7.71. The Morgan fingerprint density at radius 2 is 1.74 bits per heavy atom. The van der Waals surface area contributed by atoms with Crippen LogP contribution in [0.25, 0.3) is 0 Å². The molecule has 0 aliphatic carbocycles. The van der Waals surface area contributed by atoms with E-state index < -0.39 is 17.7 Å². The number of amides is 1. The summed E-state index contributed by atoms with van der Waals surface area (Å²) in [6.45, 7) is 5.67.